The highest BCUT2D eigenvalue weighted by Gasteiger charge is 2.29. The number of phenols is 1. The second-order valence-corrected chi connectivity index (χ2v) is 6.96. The second kappa shape index (κ2) is 8.21. The van der Waals surface area contributed by atoms with E-state index in [0.717, 1.165) is 11.3 Å². The minimum Gasteiger partial charge on any atom is -0.506 e. The van der Waals surface area contributed by atoms with E-state index in [4.69, 9.17) is 4.74 Å². The molecule has 0 bridgehead atoms. The number of hydrogen-bond donors (Lipinski definition) is 3. The van der Waals surface area contributed by atoms with Gasteiger partial charge in [0.1, 0.15) is 30.2 Å². The fourth-order valence-electron chi connectivity index (χ4n) is 2.94. The first-order valence-electron chi connectivity index (χ1n) is 8.46. The van der Waals surface area contributed by atoms with Crippen LogP contribution in [0, 0.1) is 0 Å². The largest absolute Gasteiger partial charge is 0.506 e. The maximum absolute atomic E-state index is 10.7. The summed E-state index contributed by atoms with van der Waals surface area (Å²) in [7, 11) is 5.76. The van der Waals surface area contributed by atoms with Gasteiger partial charge in [-0.1, -0.05) is 6.07 Å². The maximum atomic E-state index is 10.7. The van der Waals surface area contributed by atoms with Crippen molar-refractivity contribution in [2.45, 2.75) is 19.1 Å². The number of ether oxygens (including phenoxy) is 1. The average molecular weight is 359 g/mol. The standard InChI is InChI=1S/C20H26N2O4/c1-14(15-5-8-17(26-4)9-6-15)22(2,3)12-20(25)16-7-10-19(24)18(11-16)21-13-23/h5-11,13-14,20,25H,12H2,1-4H3,(H-,21,23,24)/p+1. The van der Waals surface area contributed by atoms with Crippen molar-refractivity contribution < 1.29 is 24.2 Å². The Bertz CT molecular complexity index is 744. The van der Waals surface area contributed by atoms with E-state index < -0.39 is 6.10 Å². The third-order valence-corrected chi connectivity index (χ3v) is 4.91. The smallest absolute Gasteiger partial charge is 0.211 e. The van der Waals surface area contributed by atoms with Crippen LogP contribution in [0.5, 0.6) is 11.5 Å². The number of nitrogens with zero attached hydrogens (tertiary/aromatic N) is 1. The fraction of sp³-hybridized carbons (Fsp3) is 0.350. The van der Waals surface area contributed by atoms with Gasteiger partial charge < -0.3 is 24.7 Å². The number of carbonyl (C=O) groups excluding carboxylic acids is 1. The predicted molar refractivity (Wildman–Crippen MR) is 101 cm³/mol. The lowest BCUT2D eigenvalue weighted by Crippen LogP contribution is -2.44. The van der Waals surface area contributed by atoms with Gasteiger partial charge in [0.15, 0.2) is 0 Å². The van der Waals surface area contributed by atoms with Gasteiger partial charge in [0.05, 0.1) is 26.9 Å². The van der Waals surface area contributed by atoms with Gasteiger partial charge in [-0.25, -0.2) is 0 Å². The van der Waals surface area contributed by atoms with E-state index in [9.17, 15) is 15.0 Å². The Morgan fingerprint density at radius 3 is 2.35 bits per heavy atom. The Kier molecular flexibility index (Phi) is 6.23. The number of likely N-dealkylation sites (N-methyl/N-ethyl adjacent to an activating group) is 1. The number of anilines is 1. The number of quaternary nitrogens is 1. The molecule has 0 aromatic heterocycles. The fourth-order valence-corrected chi connectivity index (χ4v) is 2.94. The van der Waals surface area contributed by atoms with E-state index in [1.807, 2.05) is 24.3 Å². The van der Waals surface area contributed by atoms with Gasteiger partial charge in [-0.2, -0.15) is 0 Å². The summed E-state index contributed by atoms with van der Waals surface area (Å²) in [6.45, 7) is 2.59. The van der Waals surface area contributed by atoms with E-state index in [1.54, 1.807) is 19.2 Å². The van der Waals surface area contributed by atoms with Gasteiger partial charge in [0.25, 0.3) is 0 Å². The lowest BCUT2D eigenvalue weighted by molar-refractivity contribution is -0.922. The van der Waals surface area contributed by atoms with Crippen molar-refractivity contribution in [1.82, 2.24) is 0 Å². The molecule has 0 aliphatic rings. The summed E-state index contributed by atoms with van der Waals surface area (Å²) in [4.78, 5) is 10.6. The number of aromatic hydroxyl groups is 1. The molecule has 0 saturated heterocycles. The zero-order valence-electron chi connectivity index (χ0n) is 15.6. The normalized spacial score (nSPS) is 13.7. The summed E-state index contributed by atoms with van der Waals surface area (Å²) in [6, 6.07) is 12.8. The number of phenolic OH excluding ortho intramolecular Hbond substituents is 1. The van der Waals surface area contributed by atoms with E-state index in [0.29, 0.717) is 23.0 Å². The van der Waals surface area contributed by atoms with Crippen LogP contribution in [-0.4, -0.2) is 48.9 Å². The molecule has 0 aliphatic heterocycles. The van der Waals surface area contributed by atoms with Crippen molar-refractivity contribution in [1.29, 1.82) is 0 Å². The van der Waals surface area contributed by atoms with Crippen LogP contribution in [0.25, 0.3) is 0 Å². The van der Waals surface area contributed by atoms with Crippen molar-refractivity contribution in [2.75, 3.05) is 33.1 Å². The van der Waals surface area contributed by atoms with Gasteiger partial charge in [0.2, 0.25) is 6.41 Å². The molecule has 2 unspecified atom stereocenters. The number of hydrogen-bond acceptors (Lipinski definition) is 4. The molecule has 0 aliphatic carbocycles. The van der Waals surface area contributed by atoms with Gasteiger partial charge in [-0.3, -0.25) is 4.79 Å². The molecular formula is C20H27N2O4+. The van der Waals surface area contributed by atoms with Crippen molar-refractivity contribution >= 4 is 12.1 Å². The highest BCUT2D eigenvalue weighted by molar-refractivity contribution is 5.75. The number of carbonyl (C=O) groups is 1. The van der Waals surface area contributed by atoms with Gasteiger partial charge in [0, 0.05) is 5.56 Å². The van der Waals surface area contributed by atoms with Crippen LogP contribution < -0.4 is 10.1 Å². The number of nitrogens with one attached hydrogen (secondary N) is 1. The Labute approximate surface area is 154 Å². The zero-order chi connectivity index (χ0) is 19.3. The summed E-state index contributed by atoms with van der Waals surface area (Å²) >= 11 is 0. The molecule has 1 amide bonds. The number of aliphatic hydroxyl groups excluding tert-OH is 1. The Morgan fingerprint density at radius 1 is 1.15 bits per heavy atom. The summed E-state index contributed by atoms with van der Waals surface area (Å²) in [6.07, 6.45) is -0.241. The van der Waals surface area contributed by atoms with Crippen molar-refractivity contribution in [3.05, 3.63) is 53.6 Å². The number of methoxy groups -OCH3 is 1. The first-order chi connectivity index (χ1) is 12.3. The average Bonchev–Trinajstić information content (AvgIpc) is 2.62. The summed E-state index contributed by atoms with van der Waals surface area (Å²) in [5.74, 6) is 0.777. The Hall–Kier alpha value is -2.57. The molecule has 2 atom stereocenters. The predicted octanol–water partition coefficient (Wildman–Crippen LogP) is 2.84. The van der Waals surface area contributed by atoms with Crippen LogP contribution in [0.2, 0.25) is 0 Å². The molecule has 0 saturated carbocycles. The van der Waals surface area contributed by atoms with Crippen molar-refractivity contribution in [3.63, 3.8) is 0 Å². The molecule has 26 heavy (non-hydrogen) atoms. The van der Waals surface area contributed by atoms with Crippen LogP contribution in [0.1, 0.15) is 30.2 Å². The SMILES string of the molecule is COc1ccc(C(C)[N+](C)(C)CC(O)c2ccc(O)c(NC=O)c2)cc1. The molecule has 2 rings (SSSR count). The number of benzene rings is 2. The van der Waals surface area contributed by atoms with Gasteiger partial charge in [-0.15, -0.1) is 0 Å². The van der Waals surface area contributed by atoms with E-state index in [2.05, 4.69) is 26.3 Å². The van der Waals surface area contributed by atoms with Crippen LogP contribution in [0.3, 0.4) is 0 Å². The molecule has 0 spiro atoms. The third-order valence-electron chi connectivity index (χ3n) is 4.91. The van der Waals surface area contributed by atoms with E-state index in [-0.39, 0.29) is 17.5 Å². The van der Waals surface area contributed by atoms with Gasteiger partial charge in [-0.05, 0) is 48.9 Å². The quantitative estimate of drug-likeness (QED) is 0.385. The second-order valence-electron chi connectivity index (χ2n) is 6.96. The monoisotopic (exact) mass is 359 g/mol. The lowest BCUT2D eigenvalue weighted by atomic mass is 10.0. The molecule has 2 aromatic carbocycles. The molecule has 0 heterocycles. The molecule has 6 heteroatoms. The Balaban J connectivity index is 2.16. The molecule has 0 radical (unpaired) electrons. The number of amides is 1. The molecule has 0 fully saturated rings. The van der Waals surface area contributed by atoms with Crippen LogP contribution in [0.15, 0.2) is 42.5 Å². The molecule has 2 aromatic rings. The minimum absolute atomic E-state index is 0.0339. The van der Waals surface area contributed by atoms with Gasteiger partial charge >= 0.3 is 0 Å². The van der Waals surface area contributed by atoms with Crippen LogP contribution >= 0.6 is 0 Å². The molecular weight excluding hydrogens is 332 g/mol. The lowest BCUT2D eigenvalue weighted by Gasteiger charge is -2.38. The highest BCUT2D eigenvalue weighted by atomic mass is 16.5. The first kappa shape index (κ1) is 19.8. The summed E-state index contributed by atoms with van der Waals surface area (Å²) < 4.78 is 5.76. The number of aliphatic hydroxyl groups is 1. The zero-order valence-corrected chi connectivity index (χ0v) is 15.6. The highest BCUT2D eigenvalue weighted by Crippen LogP contribution is 2.31. The minimum atomic E-state index is -0.737. The topological polar surface area (TPSA) is 78.8 Å². The molecule has 3 N–H and O–H groups in total. The van der Waals surface area contributed by atoms with Crippen molar-refractivity contribution in [2.24, 2.45) is 0 Å². The van der Waals surface area contributed by atoms with Crippen LogP contribution in [-0.2, 0) is 4.79 Å². The molecule has 6 nitrogen and oxygen atoms in total. The van der Waals surface area contributed by atoms with Crippen molar-refractivity contribution in [3.8, 4) is 11.5 Å². The van der Waals surface area contributed by atoms with E-state index >= 15 is 0 Å². The van der Waals surface area contributed by atoms with E-state index in [1.165, 1.54) is 6.07 Å². The number of rotatable bonds is 8. The summed E-state index contributed by atoms with van der Waals surface area (Å²) in [5.41, 5.74) is 2.07. The first-order valence-corrected chi connectivity index (χ1v) is 8.46. The van der Waals surface area contributed by atoms with Crippen LogP contribution in [0.4, 0.5) is 5.69 Å². The maximum Gasteiger partial charge on any atom is 0.211 e. The summed E-state index contributed by atoms with van der Waals surface area (Å²) in [5, 5.41) is 22.9. The Morgan fingerprint density at radius 2 is 1.77 bits per heavy atom. The third kappa shape index (κ3) is 4.53. The molecule has 140 valence electrons.